The van der Waals surface area contributed by atoms with Gasteiger partial charge in [-0.15, -0.1) is 5.10 Å². The Morgan fingerprint density at radius 2 is 2.16 bits per heavy atom. The minimum atomic E-state index is 0.796. The molecule has 6 heteroatoms. The van der Waals surface area contributed by atoms with E-state index in [1.54, 1.807) is 0 Å². The molecule has 19 heavy (non-hydrogen) atoms. The molecule has 0 fully saturated rings. The van der Waals surface area contributed by atoms with Crippen molar-refractivity contribution in [2.24, 2.45) is 5.84 Å². The molecular formula is C13H17N5S. The number of hydrazine groups is 1. The minimum Gasteiger partial charge on any atom is -0.313 e. The Balaban J connectivity index is 1.76. The zero-order chi connectivity index (χ0) is 13.1. The van der Waals surface area contributed by atoms with Crippen molar-refractivity contribution in [3.8, 4) is 0 Å². The van der Waals surface area contributed by atoms with E-state index >= 15 is 0 Å². The number of fused-ring (bicyclic) bond motifs is 1. The third-order valence-corrected chi connectivity index (χ3v) is 4.19. The molecular weight excluding hydrogens is 258 g/mol. The van der Waals surface area contributed by atoms with Crippen LogP contribution < -0.4 is 11.3 Å². The summed E-state index contributed by atoms with van der Waals surface area (Å²) in [4.78, 5) is 2.41. The molecule has 1 aliphatic heterocycles. The van der Waals surface area contributed by atoms with Gasteiger partial charge in [0.2, 0.25) is 0 Å². The molecule has 5 nitrogen and oxygen atoms in total. The van der Waals surface area contributed by atoms with Crippen LogP contribution in [-0.4, -0.2) is 21.0 Å². The van der Waals surface area contributed by atoms with Crippen molar-refractivity contribution in [1.29, 1.82) is 0 Å². The van der Waals surface area contributed by atoms with Crippen LogP contribution in [0.15, 0.2) is 24.3 Å². The van der Waals surface area contributed by atoms with E-state index in [4.69, 9.17) is 5.84 Å². The number of benzene rings is 1. The topological polar surface area (TPSA) is 67.1 Å². The first-order valence-corrected chi connectivity index (χ1v) is 7.21. The molecule has 1 aromatic carbocycles. The normalized spacial score (nSPS) is 15.8. The molecule has 0 bridgehead atoms. The van der Waals surface area contributed by atoms with Gasteiger partial charge in [-0.05, 0) is 30.5 Å². The first-order valence-electron chi connectivity index (χ1n) is 6.44. The van der Waals surface area contributed by atoms with Crippen LogP contribution >= 0.6 is 11.5 Å². The fraction of sp³-hybridized carbons (Fsp3) is 0.385. The van der Waals surface area contributed by atoms with Gasteiger partial charge in [-0.3, -0.25) is 4.90 Å². The maximum Gasteiger partial charge on any atom is 0.148 e. The van der Waals surface area contributed by atoms with E-state index in [1.807, 2.05) is 0 Å². The number of hydrogen-bond acceptors (Lipinski definition) is 6. The van der Waals surface area contributed by atoms with E-state index in [0.717, 1.165) is 36.8 Å². The minimum absolute atomic E-state index is 0.796. The van der Waals surface area contributed by atoms with E-state index in [9.17, 15) is 0 Å². The van der Waals surface area contributed by atoms with Crippen LogP contribution in [0, 0.1) is 0 Å². The molecule has 0 aliphatic carbocycles. The van der Waals surface area contributed by atoms with Crippen LogP contribution in [0.25, 0.3) is 0 Å². The number of nitrogens with zero attached hydrogens (tertiary/aromatic N) is 3. The number of rotatable bonds is 3. The second-order valence-electron chi connectivity index (χ2n) is 4.78. The number of aromatic nitrogens is 2. The van der Waals surface area contributed by atoms with Crippen molar-refractivity contribution in [1.82, 2.24) is 14.5 Å². The lowest BCUT2D eigenvalue weighted by Crippen LogP contribution is -2.23. The van der Waals surface area contributed by atoms with Crippen molar-refractivity contribution >= 4 is 16.5 Å². The molecule has 3 N–H and O–H groups in total. The van der Waals surface area contributed by atoms with Crippen molar-refractivity contribution in [3.05, 3.63) is 41.1 Å². The van der Waals surface area contributed by atoms with E-state index in [2.05, 4.69) is 44.2 Å². The number of nitrogens with one attached hydrogen (secondary N) is 1. The van der Waals surface area contributed by atoms with E-state index < -0.39 is 0 Å². The second-order valence-corrected chi connectivity index (χ2v) is 5.53. The van der Waals surface area contributed by atoms with E-state index in [0.29, 0.717) is 0 Å². The predicted molar refractivity (Wildman–Crippen MR) is 76.6 cm³/mol. The molecule has 1 aromatic heterocycles. The summed E-state index contributed by atoms with van der Waals surface area (Å²) < 4.78 is 3.95. The van der Waals surface area contributed by atoms with Gasteiger partial charge in [-0.1, -0.05) is 28.8 Å². The van der Waals surface area contributed by atoms with Crippen molar-refractivity contribution in [2.75, 3.05) is 12.0 Å². The Morgan fingerprint density at radius 1 is 1.32 bits per heavy atom. The number of nitrogen functional groups attached to an aromatic ring is 1. The molecule has 0 saturated carbocycles. The molecule has 0 spiro atoms. The number of hydrogen-bond donors (Lipinski definition) is 2. The highest BCUT2D eigenvalue weighted by Gasteiger charge is 2.17. The molecule has 1 aliphatic rings. The van der Waals surface area contributed by atoms with Crippen LogP contribution in [0.5, 0.6) is 0 Å². The Labute approximate surface area is 116 Å². The van der Waals surface area contributed by atoms with Gasteiger partial charge in [-0.25, -0.2) is 5.84 Å². The summed E-state index contributed by atoms with van der Waals surface area (Å²) in [6.07, 6.45) is 2.34. The fourth-order valence-electron chi connectivity index (χ4n) is 2.54. The largest absolute Gasteiger partial charge is 0.313 e. The van der Waals surface area contributed by atoms with Gasteiger partial charge in [0.05, 0.1) is 0 Å². The zero-order valence-electron chi connectivity index (χ0n) is 10.7. The Morgan fingerprint density at radius 3 is 3.00 bits per heavy atom. The average Bonchev–Trinajstić information content (AvgIpc) is 2.77. The third kappa shape index (κ3) is 2.75. The summed E-state index contributed by atoms with van der Waals surface area (Å²) in [6.45, 7) is 2.85. The van der Waals surface area contributed by atoms with E-state index in [-0.39, 0.29) is 0 Å². The summed E-state index contributed by atoms with van der Waals surface area (Å²) in [5.41, 5.74) is 6.50. The summed E-state index contributed by atoms with van der Waals surface area (Å²) >= 11 is 1.31. The van der Waals surface area contributed by atoms with Gasteiger partial charge in [0, 0.05) is 24.6 Å². The van der Waals surface area contributed by atoms with Gasteiger partial charge < -0.3 is 5.43 Å². The molecule has 2 aromatic rings. The highest BCUT2D eigenvalue weighted by atomic mass is 32.1. The van der Waals surface area contributed by atoms with Crippen molar-refractivity contribution < 1.29 is 0 Å². The summed E-state index contributed by atoms with van der Waals surface area (Å²) in [6, 6.07) is 8.68. The molecule has 100 valence electrons. The maximum absolute atomic E-state index is 5.47. The lowest BCUT2D eigenvalue weighted by molar-refractivity contribution is 0.258. The Bertz CT molecular complexity index is 553. The lowest BCUT2D eigenvalue weighted by Gasteiger charge is -2.19. The lowest BCUT2D eigenvalue weighted by atomic mass is 10.0. The predicted octanol–water partition coefficient (Wildman–Crippen LogP) is 1.77. The number of nitrogens with two attached hydrogens (primary N) is 1. The fourth-order valence-corrected chi connectivity index (χ4v) is 3.02. The molecule has 2 heterocycles. The molecule has 0 amide bonds. The molecule has 0 radical (unpaired) electrons. The van der Waals surface area contributed by atoms with E-state index in [1.165, 1.54) is 29.1 Å². The van der Waals surface area contributed by atoms with Gasteiger partial charge in [0.1, 0.15) is 10.7 Å². The number of anilines is 1. The second kappa shape index (κ2) is 5.64. The molecule has 0 unspecified atom stereocenters. The zero-order valence-corrected chi connectivity index (χ0v) is 11.5. The van der Waals surface area contributed by atoms with Crippen molar-refractivity contribution in [3.63, 3.8) is 0 Å². The van der Waals surface area contributed by atoms with Gasteiger partial charge >= 0.3 is 0 Å². The quantitative estimate of drug-likeness (QED) is 0.660. The van der Waals surface area contributed by atoms with Crippen LogP contribution in [0.1, 0.15) is 23.2 Å². The SMILES string of the molecule is NNc1snnc1CN1CCCc2ccccc2C1. The third-order valence-electron chi connectivity index (χ3n) is 3.49. The first kappa shape index (κ1) is 12.5. The smallest absolute Gasteiger partial charge is 0.148 e. The van der Waals surface area contributed by atoms with Gasteiger partial charge in [-0.2, -0.15) is 0 Å². The standard InChI is InChI=1S/C13H17N5S/c14-15-13-12(16-17-19-13)9-18-7-3-6-10-4-1-2-5-11(10)8-18/h1-2,4-5,15H,3,6-9,14H2. The maximum atomic E-state index is 5.47. The summed E-state index contributed by atoms with van der Waals surface area (Å²) in [5.74, 6) is 5.47. The number of aryl methyl sites for hydroxylation is 1. The van der Waals surface area contributed by atoms with Gasteiger partial charge in [0.15, 0.2) is 0 Å². The first-order chi connectivity index (χ1) is 9.36. The molecule has 0 saturated heterocycles. The summed E-state index contributed by atoms with van der Waals surface area (Å²) in [7, 11) is 0. The molecule has 0 atom stereocenters. The van der Waals surface area contributed by atoms with Crippen molar-refractivity contribution in [2.45, 2.75) is 25.9 Å². The van der Waals surface area contributed by atoms with Crippen LogP contribution in [0.3, 0.4) is 0 Å². The average molecular weight is 275 g/mol. The Hall–Kier alpha value is -1.50. The van der Waals surface area contributed by atoms with Crippen LogP contribution in [0.4, 0.5) is 5.00 Å². The molecule has 3 rings (SSSR count). The van der Waals surface area contributed by atoms with Gasteiger partial charge in [0.25, 0.3) is 0 Å². The highest BCUT2D eigenvalue weighted by molar-refractivity contribution is 7.10. The highest BCUT2D eigenvalue weighted by Crippen LogP contribution is 2.22. The monoisotopic (exact) mass is 275 g/mol. The Kier molecular flexibility index (Phi) is 3.72. The van der Waals surface area contributed by atoms with Crippen LogP contribution in [-0.2, 0) is 19.5 Å². The summed E-state index contributed by atoms with van der Waals surface area (Å²) in [5, 5.41) is 5.01. The van der Waals surface area contributed by atoms with Crippen LogP contribution in [0.2, 0.25) is 0 Å².